The molecule has 1 aliphatic heterocycles. The van der Waals surface area contributed by atoms with Gasteiger partial charge in [-0.3, -0.25) is 4.79 Å². The molecule has 0 atom stereocenters. The molecule has 1 aromatic heterocycles. The van der Waals surface area contributed by atoms with Crippen molar-refractivity contribution in [2.75, 3.05) is 18.0 Å². The van der Waals surface area contributed by atoms with E-state index in [1.54, 1.807) is 4.90 Å². The molecule has 1 aliphatic rings. The highest BCUT2D eigenvalue weighted by Gasteiger charge is 2.33. The highest BCUT2D eigenvalue weighted by atomic mass is 35.5. The molecule has 144 valence electrons. The molecule has 1 amide bonds. The van der Waals surface area contributed by atoms with Crippen LogP contribution in [0.1, 0.15) is 28.9 Å². The predicted octanol–water partition coefficient (Wildman–Crippen LogP) is 3.69. The summed E-state index contributed by atoms with van der Waals surface area (Å²) < 4.78 is 51.5. The molecule has 0 saturated carbocycles. The van der Waals surface area contributed by atoms with Gasteiger partial charge >= 0.3 is 6.18 Å². The third-order valence-electron chi connectivity index (χ3n) is 4.28. The average molecular weight is 403 g/mol. The molecule has 27 heavy (non-hydrogen) atoms. The number of carbonyl (C=O) groups is 1. The van der Waals surface area contributed by atoms with Gasteiger partial charge in [0.2, 0.25) is 0 Å². The maximum absolute atomic E-state index is 13.2. The van der Waals surface area contributed by atoms with Gasteiger partial charge in [0.25, 0.3) is 5.91 Å². The number of anilines is 1. The van der Waals surface area contributed by atoms with Crippen LogP contribution < -0.4 is 10.2 Å². The van der Waals surface area contributed by atoms with Gasteiger partial charge in [0.15, 0.2) is 0 Å². The lowest BCUT2D eigenvalue weighted by Gasteiger charge is -2.33. The van der Waals surface area contributed by atoms with Crippen LogP contribution in [-0.2, 0) is 6.18 Å². The van der Waals surface area contributed by atoms with Gasteiger partial charge < -0.3 is 10.2 Å². The van der Waals surface area contributed by atoms with Gasteiger partial charge in [0.05, 0.1) is 5.02 Å². The maximum Gasteiger partial charge on any atom is 0.433 e. The van der Waals surface area contributed by atoms with Gasteiger partial charge in [0, 0.05) is 30.8 Å². The fraction of sp³-hybridized carbons (Fsp3) is 0.353. The zero-order chi connectivity index (χ0) is 19.6. The summed E-state index contributed by atoms with van der Waals surface area (Å²) in [5.74, 6) is -0.784. The molecule has 1 saturated heterocycles. The second kappa shape index (κ2) is 7.67. The largest absolute Gasteiger partial charge is 0.433 e. The number of nitrogens with zero attached hydrogens (tertiary/aromatic N) is 3. The van der Waals surface area contributed by atoms with E-state index in [-0.39, 0.29) is 28.4 Å². The smallest absolute Gasteiger partial charge is 0.356 e. The SMILES string of the molecule is O=C(NC1CCN(c2cc(C(F)(F)F)ncn2)CC1)c1ccc(F)c(Cl)c1. The molecule has 0 aliphatic carbocycles. The normalized spacial score (nSPS) is 15.7. The number of aromatic nitrogens is 2. The zero-order valence-electron chi connectivity index (χ0n) is 13.9. The molecule has 10 heteroatoms. The minimum Gasteiger partial charge on any atom is -0.356 e. The third-order valence-corrected chi connectivity index (χ3v) is 4.57. The summed E-state index contributed by atoms with van der Waals surface area (Å²) in [6.45, 7) is 0.868. The topological polar surface area (TPSA) is 58.1 Å². The van der Waals surface area contributed by atoms with E-state index in [2.05, 4.69) is 15.3 Å². The molecule has 0 bridgehead atoms. The lowest BCUT2D eigenvalue weighted by Crippen LogP contribution is -2.45. The molecule has 2 heterocycles. The highest BCUT2D eigenvalue weighted by molar-refractivity contribution is 6.31. The van der Waals surface area contributed by atoms with E-state index in [4.69, 9.17) is 11.6 Å². The van der Waals surface area contributed by atoms with E-state index in [0.29, 0.717) is 25.9 Å². The van der Waals surface area contributed by atoms with Crippen molar-refractivity contribution in [3.63, 3.8) is 0 Å². The van der Waals surface area contributed by atoms with Gasteiger partial charge in [-0.2, -0.15) is 13.2 Å². The van der Waals surface area contributed by atoms with Crippen LogP contribution in [0.2, 0.25) is 5.02 Å². The lowest BCUT2D eigenvalue weighted by molar-refractivity contribution is -0.141. The Balaban J connectivity index is 1.59. The molecule has 2 aromatic rings. The number of amides is 1. The van der Waals surface area contributed by atoms with E-state index in [9.17, 15) is 22.4 Å². The Kier molecular flexibility index (Phi) is 5.50. The van der Waals surface area contributed by atoms with E-state index in [0.717, 1.165) is 18.5 Å². The van der Waals surface area contributed by atoms with Crippen molar-refractivity contribution >= 4 is 23.3 Å². The number of carbonyl (C=O) groups excluding carboxylic acids is 1. The number of alkyl halides is 3. The Morgan fingerprint density at radius 3 is 2.52 bits per heavy atom. The van der Waals surface area contributed by atoms with Crippen LogP contribution in [0, 0.1) is 5.82 Å². The fourth-order valence-corrected chi connectivity index (χ4v) is 3.01. The van der Waals surface area contributed by atoms with Crippen molar-refractivity contribution in [1.82, 2.24) is 15.3 Å². The van der Waals surface area contributed by atoms with Crippen molar-refractivity contribution in [3.05, 3.63) is 52.7 Å². The number of piperidine rings is 1. The number of hydrogen-bond acceptors (Lipinski definition) is 4. The van der Waals surface area contributed by atoms with E-state index >= 15 is 0 Å². The van der Waals surface area contributed by atoms with Crippen LogP contribution in [0.15, 0.2) is 30.6 Å². The first-order valence-corrected chi connectivity index (χ1v) is 8.52. The van der Waals surface area contributed by atoms with Gasteiger partial charge in [-0.25, -0.2) is 14.4 Å². The molecular weight excluding hydrogens is 388 g/mol. The van der Waals surface area contributed by atoms with Crippen LogP contribution in [0.25, 0.3) is 0 Å². The Morgan fingerprint density at radius 2 is 1.89 bits per heavy atom. The number of benzene rings is 1. The Morgan fingerprint density at radius 1 is 1.19 bits per heavy atom. The van der Waals surface area contributed by atoms with Gasteiger partial charge in [0.1, 0.15) is 23.7 Å². The van der Waals surface area contributed by atoms with Crippen LogP contribution >= 0.6 is 11.6 Å². The Labute approximate surface area is 157 Å². The number of hydrogen-bond donors (Lipinski definition) is 1. The van der Waals surface area contributed by atoms with Gasteiger partial charge in [-0.15, -0.1) is 0 Å². The molecule has 1 aromatic carbocycles. The number of halogens is 5. The summed E-state index contributed by atoms with van der Waals surface area (Å²) in [6, 6.07) is 4.47. The first kappa shape index (κ1) is 19.3. The van der Waals surface area contributed by atoms with Crippen molar-refractivity contribution in [1.29, 1.82) is 0 Å². The van der Waals surface area contributed by atoms with E-state index < -0.39 is 17.7 Å². The summed E-state index contributed by atoms with van der Waals surface area (Å²) >= 11 is 5.68. The molecule has 1 fully saturated rings. The molecule has 0 radical (unpaired) electrons. The minimum atomic E-state index is -4.53. The second-order valence-corrected chi connectivity index (χ2v) is 6.53. The van der Waals surface area contributed by atoms with Crippen LogP contribution in [-0.4, -0.2) is 35.0 Å². The number of rotatable bonds is 3. The second-order valence-electron chi connectivity index (χ2n) is 6.12. The third kappa shape index (κ3) is 4.65. The fourth-order valence-electron chi connectivity index (χ4n) is 2.83. The molecule has 3 rings (SSSR count). The number of nitrogens with one attached hydrogen (secondary N) is 1. The molecule has 1 N–H and O–H groups in total. The van der Waals surface area contributed by atoms with Crippen LogP contribution in [0.3, 0.4) is 0 Å². The zero-order valence-corrected chi connectivity index (χ0v) is 14.7. The van der Waals surface area contributed by atoms with Gasteiger partial charge in [-0.1, -0.05) is 11.6 Å². The molecular formula is C17H15ClF4N4O. The summed E-state index contributed by atoms with van der Waals surface area (Å²) in [5.41, 5.74) is -0.745. The Bertz CT molecular complexity index is 838. The first-order valence-electron chi connectivity index (χ1n) is 8.14. The summed E-state index contributed by atoms with van der Waals surface area (Å²) in [6.07, 6.45) is -2.57. The quantitative estimate of drug-likeness (QED) is 0.796. The monoisotopic (exact) mass is 402 g/mol. The summed E-state index contributed by atoms with van der Waals surface area (Å²) in [4.78, 5) is 21.1. The minimum absolute atomic E-state index is 0.137. The van der Waals surface area contributed by atoms with Gasteiger partial charge in [-0.05, 0) is 31.0 Å². The van der Waals surface area contributed by atoms with Crippen molar-refractivity contribution in [3.8, 4) is 0 Å². The standard InChI is InChI=1S/C17H15ClF4N4O/c18-12-7-10(1-2-13(12)19)16(27)25-11-3-5-26(6-4-11)15-8-14(17(20,21)22)23-9-24-15/h1-2,7-9,11H,3-6H2,(H,25,27). The van der Waals surface area contributed by atoms with Crippen LogP contribution in [0.4, 0.5) is 23.4 Å². The van der Waals surface area contributed by atoms with Crippen molar-refractivity contribution in [2.24, 2.45) is 0 Å². The van der Waals surface area contributed by atoms with Crippen molar-refractivity contribution in [2.45, 2.75) is 25.1 Å². The Hall–Kier alpha value is -2.42. The highest BCUT2D eigenvalue weighted by Crippen LogP contribution is 2.29. The van der Waals surface area contributed by atoms with E-state index in [1.807, 2.05) is 0 Å². The summed E-state index contributed by atoms with van der Waals surface area (Å²) in [7, 11) is 0. The summed E-state index contributed by atoms with van der Waals surface area (Å²) in [5, 5.41) is 2.69. The molecule has 0 spiro atoms. The predicted molar refractivity (Wildman–Crippen MR) is 91.1 cm³/mol. The van der Waals surface area contributed by atoms with Crippen molar-refractivity contribution < 1.29 is 22.4 Å². The molecule has 0 unspecified atom stereocenters. The average Bonchev–Trinajstić information content (AvgIpc) is 2.64. The maximum atomic E-state index is 13.2. The lowest BCUT2D eigenvalue weighted by atomic mass is 10.0. The first-order chi connectivity index (χ1) is 12.7. The molecule has 5 nitrogen and oxygen atoms in total. The van der Waals surface area contributed by atoms with Crippen LogP contribution in [0.5, 0.6) is 0 Å². The van der Waals surface area contributed by atoms with E-state index in [1.165, 1.54) is 12.1 Å².